The Morgan fingerprint density at radius 2 is 1.77 bits per heavy atom. The maximum Gasteiger partial charge on any atom is 0.332 e. The third kappa shape index (κ3) is 4.44. The maximum absolute atomic E-state index is 13.1. The zero-order valence-corrected chi connectivity index (χ0v) is 16.9. The van der Waals surface area contributed by atoms with Crippen molar-refractivity contribution in [3.63, 3.8) is 0 Å². The highest BCUT2D eigenvalue weighted by atomic mass is 35.5. The SMILES string of the molecule is O=C(CC1C(=O)N(c2ccc(Cl)cc2)C(=O)N1Cc1ccco1)Nc1ccc(F)cc1. The molecule has 7 nitrogen and oxygen atoms in total. The van der Waals surface area contributed by atoms with E-state index in [1.54, 1.807) is 36.4 Å². The van der Waals surface area contributed by atoms with Gasteiger partial charge in [0, 0.05) is 10.7 Å². The highest BCUT2D eigenvalue weighted by molar-refractivity contribution is 6.30. The fourth-order valence-corrected chi connectivity index (χ4v) is 3.46. The first kappa shape index (κ1) is 20.6. The molecule has 1 aliphatic rings. The van der Waals surface area contributed by atoms with Gasteiger partial charge in [-0.15, -0.1) is 0 Å². The van der Waals surface area contributed by atoms with Crippen LogP contribution in [0.4, 0.5) is 20.6 Å². The number of benzene rings is 2. The van der Waals surface area contributed by atoms with Gasteiger partial charge in [-0.2, -0.15) is 0 Å². The van der Waals surface area contributed by atoms with E-state index in [1.807, 2.05) is 0 Å². The number of imide groups is 1. The van der Waals surface area contributed by atoms with E-state index in [2.05, 4.69) is 5.32 Å². The van der Waals surface area contributed by atoms with Crippen LogP contribution in [0, 0.1) is 5.82 Å². The summed E-state index contributed by atoms with van der Waals surface area (Å²) >= 11 is 5.91. The minimum Gasteiger partial charge on any atom is -0.467 e. The van der Waals surface area contributed by atoms with Crippen LogP contribution in [0.2, 0.25) is 5.02 Å². The average Bonchev–Trinajstić information content (AvgIpc) is 3.33. The Balaban J connectivity index is 1.58. The van der Waals surface area contributed by atoms with Gasteiger partial charge in [0.15, 0.2) is 0 Å². The van der Waals surface area contributed by atoms with Crippen LogP contribution >= 0.6 is 11.6 Å². The lowest BCUT2D eigenvalue weighted by Crippen LogP contribution is -2.37. The van der Waals surface area contributed by atoms with Crippen LogP contribution in [0.25, 0.3) is 0 Å². The van der Waals surface area contributed by atoms with Gasteiger partial charge in [-0.3, -0.25) is 9.59 Å². The molecule has 1 aromatic heterocycles. The van der Waals surface area contributed by atoms with E-state index >= 15 is 0 Å². The molecule has 1 unspecified atom stereocenters. The second-order valence-corrected chi connectivity index (χ2v) is 7.35. The minimum atomic E-state index is -1.03. The molecule has 2 heterocycles. The van der Waals surface area contributed by atoms with Crippen molar-refractivity contribution < 1.29 is 23.2 Å². The summed E-state index contributed by atoms with van der Waals surface area (Å²) in [4.78, 5) is 41.1. The first-order valence-corrected chi connectivity index (χ1v) is 9.78. The van der Waals surface area contributed by atoms with E-state index in [-0.39, 0.29) is 13.0 Å². The Morgan fingerprint density at radius 3 is 2.42 bits per heavy atom. The molecule has 4 amide bonds. The van der Waals surface area contributed by atoms with Crippen molar-refractivity contribution in [3.8, 4) is 0 Å². The van der Waals surface area contributed by atoms with Crippen LogP contribution in [0.15, 0.2) is 71.3 Å². The van der Waals surface area contributed by atoms with Crippen LogP contribution in [-0.4, -0.2) is 28.8 Å². The van der Waals surface area contributed by atoms with Crippen molar-refractivity contribution in [2.24, 2.45) is 0 Å². The molecule has 4 rings (SSSR count). The molecule has 0 spiro atoms. The lowest BCUT2D eigenvalue weighted by molar-refractivity contribution is -0.124. The number of furan rings is 1. The molecular formula is C22H17ClFN3O4. The van der Waals surface area contributed by atoms with Gasteiger partial charge in [0.2, 0.25) is 5.91 Å². The summed E-state index contributed by atoms with van der Waals surface area (Å²) in [6.07, 6.45) is 1.19. The Labute approximate surface area is 182 Å². The highest BCUT2D eigenvalue weighted by Gasteiger charge is 2.47. The molecular weight excluding hydrogens is 425 g/mol. The Hall–Kier alpha value is -3.65. The maximum atomic E-state index is 13.1. The lowest BCUT2D eigenvalue weighted by Gasteiger charge is -2.20. The van der Waals surface area contributed by atoms with Crippen molar-refractivity contribution in [3.05, 3.63) is 83.5 Å². The van der Waals surface area contributed by atoms with E-state index in [1.165, 1.54) is 35.4 Å². The minimum absolute atomic E-state index is 0.0240. The second-order valence-electron chi connectivity index (χ2n) is 6.91. The van der Waals surface area contributed by atoms with Crippen molar-refractivity contribution in [1.82, 2.24) is 4.90 Å². The molecule has 0 aliphatic carbocycles. The molecule has 2 aromatic carbocycles. The summed E-state index contributed by atoms with van der Waals surface area (Å²) in [5, 5.41) is 3.08. The van der Waals surface area contributed by atoms with Crippen molar-refractivity contribution in [2.45, 2.75) is 19.0 Å². The quantitative estimate of drug-likeness (QED) is 0.573. The standard InChI is InChI=1S/C22H17ClFN3O4/c23-14-3-9-17(10-4-14)27-21(29)19(26(22(27)30)13-18-2-1-11-31-18)12-20(28)25-16-7-5-15(24)6-8-16/h1-11,19H,12-13H2,(H,25,28). The molecule has 0 bridgehead atoms. The third-order valence-corrected chi connectivity index (χ3v) is 5.07. The molecule has 0 saturated carbocycles. The topological polar surface area (TPSA) is 82.9 Å². The van der Waals surface area contributed by atoms with Gasteiger partial charge in [0.1, 0.15) is 17.6 Å². The monoisotopic (exact) mass is 441 g/mol. The Morgan fingerprint density at radius 1 is 1.06 bits per heavy atom. The molecule has 0 radical (unpaired) electrons. The van der Waals surface area contributed by atoms with Crippen molar-refractivity contribution in [2.75, 3.05) is 10.2 Å². The summed E-state index contributed by atoms with van der Waals surface area (Å²) < 4.78 is 18.4. The molecule has 1 saturated heterocycles. The number of rotatable bonds is 6. The molecule has 158 valence electrons. The number of anilines is 2. The number of carbonyl (C=O) groups excluding carboxylic acids is 3. The molecule has 9 heteroatoms. The highest BCUT2D eigenvalue weighted by Crippen LogP contribution is 2.29. The number of carbonyl (C=O) groups is 3. The number of hydrogen-bond donors (Lipinski definition) is 1. The van der Waals surface area contributed by atoms with Gasteiger partial charge in [-0.1, -0.05) is 11.6 Å². The summed E-state index contributed by atoms with van der Waals surface area (Å²) in [7, 11) is 0. The van der Waals surface area contributed by atoms with Crippen LogP contribution in [0.5, 0.6) is 0 Å². The lowest BCUT2D eigenvalue weighted by atomic mass is 10.1. The summed E-state index contributed by atoms with van der Waals surface area (Å²) in [5.74, 6) is -0.978. The number of nitrogens with zero attached hydrogens (tertiary/aromatic N) is 2. The average molecular weight is 442 g/mol. The first-order valence-electron chi connectivity index (χ1n) is 9.40. The molecule has 1 fully saturated rings. The summed E-state index contributed by atoms with van der Waals surface area (Å²) in [6, 6.07) is 13.3. The van der Waals surface area contributed by atoms with Gasteiger partial charge in [-0.05, 0) is 60.7 Å². The van der Waals surface area contributed by atoms with Crippen LogP contribution < -0.4 is 10.2 Å². The molecule has 1 atom stereocenters. The van der Waals surface area contributed by atoms with Gasteiger partial charge in [-0.25, -0.2) is 14.1 Å². The Kier molecular flexibility index (Phi) is 5.73. The van der Waals surface area contributed by atoms with E-state index in [0.717, 1.165) is 4.90 Å². The first-order chi connectivity index (χ1) is 14.9. The van der Waals surface area contributed by atoms with Crippen LogP contribution in [0.3, 0.4) is 0 Å². The van der Waals surface area contributed by atoms with Gasteiger partial charge >= 0.3 is 6.03 Å². The second kappa shape index (κ2) is 8.61. The van der Waals surface area contributed by atoms with Crippen molar-refractivity contribution in [1.29, 1.82) is 0 Å². The fraction of sp³-hybridized carbons (Fsp3) is 0.136. The largest absolute Gasteiger partial charge is 0.467 e. The smallest absolute Gasteiger partial charge is 0.332 e. The van der Waals surface area contributed by atoms with E-state index < -0.39 is 29.7 Å². The molecule has 1 aliphatic heterocycles. The predicted molar refractivity (Wildman–Crippen MR) is 112 cm³/mol. The fourth-order valence-electron chi connectivity index (χ4n) is 3.33. The zero-order chi connectivity index (χ0) is 22.0. The summed E-state index contributed by atoms with van der Waals surface area (Å²) in [6.45, 7) is 0.0240. The number of nitrogens with one attached hydrogen (secondary N) is 1. The molecule has 31 heavy (non-hydrogen) atoms. The van der Waals surface area contributed by atoms with Gasteiger partial charge in [0.05, 0.1) is 24.9 Å². The Bertz CT molecular complexity index is 1100. The third-order valence-electron chi connectivity index (χ3n) is 4.82. The number of halogens is 2. The van der Waals surface area contributed by atoms with Gasteiger partial charge < -0.3 is 14.6 Å². The van der Waals surface area contributed by atoms with E-state index in [0.29, 0.717) is 22.2 Å². The number of urea groups is 1. The van der Waals surface area contributed by atoms with Gasteiger partial charge in [0.25, 0.3) is 5.91 Å². The summed E-state index contributed by atoms with van der Waals surface area (Å²) in [5.41, 5.74) is 0.737. The number of amides is 4. The van der Waals surface area contributed by atoms with E-state index in [9.17, 15) is 18.8 Å². The number of hydrogen-bond acceptors (Lipinski definition) is 4. The normalized spacial score (nSPS) is 16.1. The zero-order valence-electron chi connectivity index (χ0n) is 16.1. The van der Waals surface area contributed by atoms with Crippen LogP contribution in [0.1, 0.15) is 12.2 Å². The van der Waals surface area contributed by atoms with E-state index in [4.69, 9.17) is 16.0 Å². The molecule has 1 N–H and O–H groups in total. The predicted octanol–water partition coefficient (Wildman–Crippen LogP) is 4.44. The molecule has 3 aromatic rings. The van der Waals surface area contributed by atoms with Crippen molar-refractivity contribution >= 4 is 40.8 Å². The van der Waals surface area contributed by atoms with Crippen LogP contribution in [-0.2, 0) is 16.1 Å².